The largest absolute Gasteiger partial charge is 0.379 e. The van der Waals surface area contributed by atoms with Crippen LogP contribution in [0.4, 0.5) is 4.39 Å². The summed E-state index contributed by atoms with van der Waals surface area (Å²) in [4.78, 5) is 2.35. The molecule has 1 aromatic carbocycles. The maximum absolute atomic E-state index is 13.8. The summed E-state index contributed by atoms with van der Waals surface area (Å²) in [5, 5.41) is 0. The van der Waals surface area contributed by atoms with Gasteiger partial charge in [-0.2, -0.15) is 0 Å². The van der Waals surface area contributed by atoms with E-state index < -0.39 is 0 Å². The Morgan fingerprint density at radius 3 is 2.50 bits per heavy atom. The second-order valence-corrected chi connectivity index (χ2v) is 5.95. The second kappa shape index (κ2) is 5.37. The SMILES string of the molecule is CC(C)(C)c1cc(CN2CCOCC2)ccc1F. The van der Waals surface area contributed by atoms with Gasteiger partial charge < -0.3 is 4.74 Å². The van der Waals surface area contributed by atoms with Crippen molar-refractivity contribution in [1.82, 2.24) is 4.90 Å². The molecule has 0 bridgehead atoms. The predicted molar refractivity (Wildman–Crippen MR) is 71.2 cm³/mol. The molecule has 0 N–H and O–H groups in total. The van der Waals surface area contributed by atoms with E-state index in [1.807, 2.05) is 32.9 Å². The monoisotopic (exact) mass is 251 g/mol. The molecule has 0 unspecified atom stereocenters. The van der Waals surface area contributed by atoms with Gasteiger partial charge in [0.15, 0.2) is 0 Å². The van der Waals surface area contributed by atoms with E-state index in [-0.39, 0.29) is 11.2 Å². The number of rotatable bonds is 2. The first-order chi connectivity index (χ1) is 8.47. The molecular weight excluding hydrogens is 229 g/mol. The Morgan fingerprint density at radius 2 is 1.89 bits per heavy atom. The Morgan fingerprint density at radius 1 is 1.22 bits per heavy atom. The minimum atomic E-state index is -0.148. The van der Waals surface area contributed by atoms with Crippen molar-refractivity contribution in [2.24, 2.45) is 0 Å². The highest BCUT2D eigenvalue weighted by atomic mass is 19.1. The first kappa shape index (κ1) is 13.5. The molecule has 2 nitrogen and oxygen atoms in total. The van der Waals surface area contributed by atoms with E-state index in [0.717, 1.165) is 38.4 Å². The summed E-state index contributed by atoms with van der Waals surface area (Å²) in [6.45, 7) is 10.5. The van der Waals surface area contributed by atoms with Crippen molar-refractivity contribution in [3.8, 4) is 0 Å². The third-order valence-electron chi connectivity index (χ3n) is 3.35. The fraction of sp³-hybridized carbons (Fsp3) is 0.600. The third kappa shape index (κ3) is 3.30. The molecule has 1 aliphatic rings. The number of hydrogen-bond acceptors (Lipinski definition) is 2. The lowest BCUT2D eigenvalue weighted by molar-refractivity contribution is 0.0341. The number of benzene rings is 1. The Labute approximate surface area is 109 Å². The molecule has 1 heterocycles. The summed E-state index contributed by atoms with van der Waals surface area (Å²) in [5.74, 6) is -0.103. The zero-order chi connectivity index (χ0) is 13.2. The Kier molecular flexibility index (Phi) is 4.03. The number of ether oxygens (including phenoxy) is 1. The highest BCUT2D eigenvalue weighted by Gasteiger charge is 2.19. The summed E-state index contributed by atoms with van der Waals surface area (Å²) in [7, 11) is 0. The van der Waals surface area contributed by atoms with Crippen LogP contribution in [0, 0.1) is 5.82 Å². The van der Waals surface area contributed by atoms with Crippen molar-refractivity contribution in [2.75, 3.05) is 26.3 Å². The molecule has 0 saturated carbocycles. The van der Waals surface area contributed by atoms with Crippen molar-refractivity contribution in [1.29, 1.82) is 0 Å². The summed E-state index contributed by atoms with van der Waals surface area (Å²) in [6, 6.07) is 5.49. The van der Waals surface area contributed by atoms with Crippen LogP contribution in [-0.2, 0) is 16.7 Å². The number of halogens is 1. The van der Waals surface area contributed by atoms with E-state index in [1.54, 1.807) is 6.07 Å². The molecule has 1 aromatic rings. The van der Waals surface area contributed by atoms with Crippen molar-refractivity contribution in [3.63, 3.8) is 0 Å². The lowest BCUT2D eigenvalue weighted by Gasteiger charge is -2.27. The fourth-order valence-corrected chi connectivity index (χ4v) is 2.26. The van der Waals surface area contributed by atoms with E-state index in [4.69, 9.17) is 4.74 Å². The topological polar surface area (TPSA) is 12.5 Å². The van der Waals surface area contributed by atoms with Gasteiger partial charge in [-0.3, -0.25) is 4.90 Å². The minimum Gasteiger partial charge on any atom is -0.379 e. The molecular formula is C15H22FNO. The van der Waals surface area contributed by atoms with Gasteiger partial charge in [0.1, 0.15) is 5.82 Å². The average molecular weight is 251 g/mol. The lowest BCUT2D eigenvalue weighted by Crippen LogP contribution is -2.35. The maximum atomic E-state index is 13.8. The zero-order valence-corrected chi connectivity index (χ0v) is 11.5. The van der Waals surface area contributed by atoms with Gasteiger partial charge in [0.05, 0.1) is 13.2 Å². The van der Waals surface area contributed by atoms with Crippen molar-refractivity contribution in [3.05, 3.63) is 35.1 Å². The average Bonchev–Trinajstić information content (AvgIpc) is 2.31. The third-order valence-corrected chi connectivity index (χ3v) is 3.35. The van der Waals surface area contributed by atoms with Gasteiger partial charge in [-0.05, 0) is 22.6 Å². The summed E-state index contributed by atoms with van der Waals surface area (Å²) < 4.78 is 19.1. The van der Waals surface area contributed by atoms with Crippen molar-refractivity contribution in [2.45, 2.75) is 32.7 Å². The first-order valence-corrected chi connectivity index (χ1v) is 6.56. The van der Waals surface area contributed by atoms with Crippen LogP contribution in [0.5, 0.6) is 0 Å². The highest BCUT2D eigenvalue weighted by molar-refractivity contribution is 5.30. The Hall–Kier alpha value is -0.930. The summed E-state index contributed by atoms with van der Waals surface area (Å²) in [5.41, 5.74) is 1.84. The standard InChI is InChI=1S/C15H22FNO/c1-15(2,3)13-10-12(4-5-14(13)16)11-17-6-8-18-9-7-17/h4-5,10H,6-9,11H2,1-3H3. The molecule has 18 heavy (non-hydrogen) atoms. The van der Waals surface area contributed by atoms with Crippen LogP contribution < -0.4 is 0 Å². The normalized spacial score (nSPS) is 18.0. The second-order valence-electron chi connectivity index (χ2n) is 5.95. The molecule has 0 spiro atoms. The van der Waals surface area contributed by atoms with Crippen LogP contribution in [0.3, 0.4) is 0 Å². The van der Waals surface area contributed by atoms with Crippen LogP contribution in [0.25, 0.3) is 0 Å². The molecule has 0 aliphatic carbocycles. The molecule has 1 saturated heterocycles. The van der Waals surface area contributed by atoms with E-state index >= 15 is 0 Å². The van der Waals surface area contributed by atoms with Crippen LogP contribution in [0.1, 0.15) is 31.9 Å². The zero-order valence-electron chi connectivity index (χ0n) is 11.5. The molecule has 0 atom stereocenters. The van der Waals surface area contributed by atoms with Gasteiger partial charge in [-0.1, -0.05) is 32.9 Å². The van der Waals surface area contributed by atoms with Crippen LogP contribution >= 0.6 is 0 Å². The molecule has 2 rings (SSSR count). The van der Waals surface area contributed by atoms with Gasteiger partial charge in [0, 0.05) is 19.6 Å². The smallest absolute Gasteiger partial charge is 0.126 e. The van der Waals surface area contributed by atoms with Gasteiger partial charge in [0.25, 0.3) is 0 Å². The van der Waals surface area contributed by atoms with Crippen LogP contribution in [0.15, 0.2) is 18.2 Å². The maximum Gasteiger partial charge on any atom is 0.126 e. The van der Waals surface area contributed by atoms with Gasteiger partial charge >= 0.3 is 0 Å². The Balaban J connectivity index is 2.14. The number of hydrogen-bond donors (Lipinski definition) is 0. The lowest BCUT2D eigenvalue weighted by atomic mass is 9.85. The van der Waals surface area contributed by atoms with E-state index in [2.05, 4.69) is 4.90 Å². The minimum absolute atomic E-state index is 0.103. The van der Waals surface area contributed by atoms with Crippen molar-refractivity contribution < 1.29 is 9.13 Å². The van der Waals surface area contributed by atoms with Gasteiger partial charge in [0.2, 0.25) is 0 Å². The molecule has 3 heteroatoms. The van der Waals surface area contributed by atoms with Crippen molar-refractivity contribution >= 4 is 0 Å². The summed E-state index contributed by atoms with van der Waals surface area (Å²) in [6.07, 6.45) is 0. The van der Waals surface area contributed by atoms with E-state index in [1.165, 1.54) is 5.56 Å². The van der Waals surface area contributed by atoms with E-state index in [9.17, 15) is 4.39 Å². The first-order valence-electron chi connectivity index (χ1n) is 6.56. The molecule has 0 amide bonds. The molecule has 100 valence electrons. The van der Waals surface area contributed by atoms with Crippen LogP contribution in [-0.4, -0.2) is 31.2 Å². The fourth-order valence-electron chi connectivity index (χ4n) is 2.26. The van der Waals surface area contributed by atoms with Gasteiger partial charge in [-0.15, -0.1) is 0 Å². The molecule has 1 aliphatic heterocycles. The molecule has 0 aromatic heterocycles. The number of morpholine rings is 1. The molecule has 1 fully saturated rings. The summed E-state index contributed by atoms with van der Waals surface area (Å²) >= 11 is 0. The Bertz CT molecular complexity index is 405. The predicted octanol–water partition coefficient (Wildman–Crippen LogP) is 2.96. The quantitative estimate of drug-likeness (QED) is 0.801. The van der Waals surface area contributed by atoms with E-state index in [0.29, 0.717) is 0 Å². The number of nitrogens with zero attached hydrogens (tertiary/aromatic N) is 1. The molecule has 0 radical (unpaired) electrons. The van der Waals surface area contributed by atoms with Gasteiger partial charge in [-0.25, -0.2) is 4.39 Å². The van der Waals surface area contributed by atoms with Crippen LogP contribution in [0.2, 0.25) is 0 Å². The highest BCUT2D eigenvalue weighted by Crippen LogP contribution is 2.26.